The second kappa shape index (κ2) is 12.5. The molecule has 0 radical (unpaired) electrons. The number of hydrogen-bond donors (Lipinski definition) is 0. The summed E-state index contributed by atoms with van der Waals surface area (Å²) in [6.45, 7) is 4.79. The van der Waals surface area contributed by atoms with Crippen LogP contribution in [0.4, 0.5) is 13.2 Å². The van der Waals surface area contributed by atoms with Crippen molar-refractivity contribution in [3.63, 3.8) is 0 Å². The average Bonchev–Trinajstić information content (AvgIpc) is 2.63. The van der Waals surface area contributed by atoms with E-state index in [0.29, 0.717) is 24.6 Å². The highest BCUT2D eigenvalue weighted by molar-refractivity contribution is 8.13. The van der Waals surface area contributed by atoms with Crippen LogP contribution in [-0.4, -0.2) is 37.5 Å². The number of benzene rings is 1. The lowest BCUT2D eigenvalue weighted by Gasteiger charge is -2.16. The number of rotatable bonds is 12. The minimum atomic E-state index is -4.60. The summed E-state index contributed by atoms with van der Waals surface area (Å²) < 4.78 is 70.9. The van der Waals surface area contributed by atoms with E-state index in [0.717, 1.165) is 18.2 Å². The first kappa shape index (κ1) is 26.6. The van der Waals surface area contributed by atoms with Gasteiger partial charge in [0.15, 0.2) is 5.12 Å². The molecule has 1 rings (SSSR count). The number of thioether (sulfide) groups is 1. The molecule has 0 spiro atoms. The number of carbonyl (C=O) groups excluding carboxylic acids is 2. The number of phosphoric acid groups is 1. The highest BCUT2D eigenvalue weighted by atomic mass is 32.2. The van der Waals surface area contributed by atoms with Crippen LogP contribution in [0.5, 0.6) is 0 Å². The molecule has 1 aromatic rings. The van der Waals surface area contributed by atoms with Crippen molar-refractivity contribution in [1.29, 1.82) is 0 Å². The molecule has 0 aromatic heterocycles. The molecule has 7 nitrogen and oxygen atoms in total. The van der Waals surface area contributed by atoms with Gasteiger partial charge >= 0.3 is 20.0 Å². The van der Waals surface area contributed by atoms with Gasteiger partial charge in [0.25, 0.3) is 0 Å². The number of ether oxygens (including phenoxy) is 1. The minimum absolute atomic E-state index is 0.0407. The molecule has 1 aromatic carbocycles. The summed E-state index contributed by atoms with van der Waals surface area (Å²) in [7, 11) is -3.61. The first-order valence-electron chi connectivity index (χ1n) is 9.12. The molecule has 0 N–H and O–H groups in total. The molecule has 0 aliphatic rings. The van der Waals surface area contributed by atoms with E-state index in [-0.39, 0.29) is 36.9 Å². The van der Waals surface area contributed by atoms with Gasteiger partial charge in [0.1, 0.15) is 0 Å². The summed E-state index contributed by atoms with van der Waals surface area (Å²) in [5, 5.41) is -0.464. The lowest BCUT2D eigenvalue weighted by molar-refractivity contribution is -0.137. The molecule has 0 saturated heterocycles. The normalized spacial score (nSPS) is 12.1. The summed E-state index contributed by atoms with van der Waals surface area (Å²) in [6.07, 6.45) is -3.88. The van der Waals surface area contributed by atoms with E-state index >= 15 is 0 Å². The fourth-order valence-electron chi connectivity index (χ4n) is 2.16. The van der Waals surface area contributed by atoms with Gasteiger partial charge in [-0.15, -0.1) is 0 Å². The molecule has 12 heteroatoms. The molecular weight excluding hydrogens is 448 g/mol. The molecule has 0 unspecified atom stereocenters. The Hall–Kier alpha value is -1.39. The van der Waals surface area contributed by atoms with E-state index < -0.39 is 30.6 Å². The van der Waals surface area contributed by atoms with Crippen LogP contribution in [-0.2, 0) is 33.8 Å². The molecule has 0 atom stereocenters. The zero-order valence-electron chi connectivity index (χ0n) is 16.8. The van der Waals surface area contributed by atoms with E-state index in [1.807, 2.05) is 0 Å². The maximum Gasteiger partial charge on any atom is 0.474 e. The Morgan fingerprint density at radius 1 is 1.03 bits per heavy atom. The Kier molecular flexibility index (Phi) is 11.1. The molecule has 0 saturated carbocycles. The molecule has 0 heterocycles. The summed E-state index contributed by atoms with van der Waals surface area (Å²) in [5.74, 6) is -0.845. The van der Waals surface area contributed by atoms with Crippen LogP contribution in [0.15, 0.2) is 23.1 Å². The van der Waals surface area contributed by atoms with Crippen molar-refractivity contribution in [2.45, 2.75) is 44.7 Å². The molecule has 0 fully saturated rings. The summed E-state index contributed by atoms with van der Waals surface area (Å²) in [5.41, 5.74) is -1.09. The lowest BCUT2D eigenvalue weighted by atomic mass is 10.1. The molecule has 0 aliphatic heterocycles. The molecule has 0 aliphatic carbocycles. The third kappa shape index (κ3) is 9.18. The van der Waals surface area contributed by atoms with Gasteiger partial charge in [-0.1, -0.05) is 11.8 Å². The van der Waals surface area contributed by atoms with Gasteiger partial charge in [-0.3, -0.25) is 18.4 Å². The van der Waals surface area contributed by atoms with Crippen molar-refractivity contribution in [3.8, 4) is 0 Å². The van der Waals surface area contributed by atoms with Gasteiger partial charge in [0, 0.05) is 11.8 Å². The van der Waals surface area contributed by atoms with Crippen molar-refractivity contribution in [3.05, 3.63) is 29.3 Å². The lowest BCUT2D eigenvalue weighted by Crippen LogP contribution is -2.11. The van der Waals surface area contributed by atoms with Crippen molar-refractivity contribution >= 4 is 30.7 Å². The highest BCUT2D eigenvalue weighted by Crippen LogP contribution is 2.49. The zero-order chi connectivity index (χ0) is 22.8. The number of hydrogen-bond acceptors (Lipinski definition) is 8. The summed E-state index contributed by atoms with van der Waals surface area (Å²) in [6, 6.07) is 2.49. The van der Waals surface area contributed by atoms with Crippen LogP contribution >= 0.6 is 19.6 Å². The maximum atomic E-state index is 12.9. The Morgan fingerprint density at radius 2 is 1.63 bits per heavy atom. The Morgan fingerprint density at radius 3 is 2.17 bits per heavy atom. The van der Waals surface area contributed by atoms with Crippen LogP contribution in [0.25, 0.3) is 0 Å². The quantitative estimate of drug-likeness (QED) is 0.171. The number of halogens is 3. The molecule has 30 heavy (non-hydrogen) atoms. The van der Waals surface area contributed by atoms with Crippen LogP contribution < -0.4 is 0 Å². The van der Waals surface area contributed by atoms with E-state index in [9.17, 15) is 27.3 Å². The predicted molar refractivity (Wildman–Crippen MR) is 104 cm³/mol. The van der Waals surface area contributed by atoms with E-state index in [1.54, 1.807) is 13.8 Å². The van der Waals surface area contributed by atoms with Crippen LogP contribution in [0.2, 0.25) is 0 Å². The molecule has 170 valence electrons. The Bertz CT molecular complexity index is 761. The van der Waals surface area contributed by atoms with Crippen LogP contribution in [0, 0.1) is 0 Å². The molecular formula is C18H24F3O7PS. The SMILES string of the molecule is CCOP(=O)(OCC)OCCCCOC(=O)c1ccc(C(F)(F)F)cc1SC(C)=O. The number of alkyl halides is 3. The van der Waals surface area contributed by atoms with Gasteiger partial charge in [-0.2, -0.15) is 13.2 Å². The second-order valence-electron chi connectivity index (χ2n) is 5.76. The number of carbonyl (C=O) groups is 2. The number of esters is 1. The maximum absolute atomic E-state index is 12.9. The smallest absolute Gasteiger partial charge is 0.462 e. The third-order valence-electron chi connectivity index (χ3n) is 3.38. The fourth-order valence-corrected chi connectivity index (χ4v) is 4.12. The van der Waals surface area contributed by atoms with E-state index in [2.05, 4.69) is 0 Å². The largest absolute Gasteiger partial charge is 0.474 e. The molecule has 0 amide bonds. The topological polar surface area (TPSA) is 88.1 Å². The summed E-state index contributed by atoms with van der Waals surface area (Å²) in [4.78, 5) is 23.4. The van der Waals surface area contributed by atoms with Crippen molar-refractivity contribution in [1.82, 2.24) is 0 Å². The van der Waals surface area contributed by atoms with E-state index in [4.69, 9.17) is 18.3 Å². The van der Waals surface area contributed by atoms with E-state index in [1.165, 1.54) is 6.92 Å². The van der Waals surface area contributed by atoms with Gasteiger partial charge in [0.05, 0.1) is 37.6 Å². The minimum Gasteiger partial charge on any atom is -0.462 e. The van der Waals surface area contributed by atoms with Crippen LogP contribution in [0.1, 0.15) is 49.5 Å². The van der Waals surface area contributed by atoms with Crippen LogP contribution in [0.3, 0.4) is 0 Å². The first-order valence-corrected chi connectivity index (χ1v) is 11.4. The predicted octanol–water partition coefficient (Wildman–Crippen LogP) is 5.48. The fraction of sp³-hybridized carbons (Fsp3) is 0.556. The van der Waals surface area contributed by atoms with Crippen molar-refractivity contribution in [2.75, 3.05) is 26.4 Å². The molecule has 0 bridgehead atoms. The van der Waals surface area contributed by atoms with Gasteiger partial charge in [-0.05, 0) is 44.9 Å². The third-order valence-corrected chi connectivity index (χ3v) is 5.87. The second-order valence-corrected chi connectivity index (χ2v) is 8.65. The number of unbranched alkanes of at least 4 members (excludes halogenated alkanes) is 1. The van der Waals surface area contributed by atoms with Gasteiger partial charge < -0.3 is 4.74 Å². The first-order chi connectivity index (χ1) is 14.0. The van der Waals surface area contributed by atoms with Gasteiger partial charge in [0.2, 0.25) is 0 Å². The summed E-state index contributed by atoms with van der Waals surface area (Å²) >= 11 is 0.524. The zero-order valence-corrected chi connectivity index (χ0v) is 18.5. The highest BCUT2D eigenvalue weighted by Gasteiger charge is 2.32. The van der Waals surface area contributed by atoms with Crippen molar-refractivity contribution < 1.29 is 45.6 Å². The monoisotopic (exact) mass is 472 g/mol. The number of phosphoric ester groups is 1. The Balaban J connectivity index is 2.60. The van der Waals surface area contributed by atoms with Gasteiger partial charge in [-0.25, -0.2) is 9.36 Å². The van der Waals surface area contributed by atoms with Crippen molar-refractivity contribution in [2.24, 2.45) is 0 Å². The Labute approximate surface area is 177 Å². The average molecular weight is 472 g/mol. The standard InChI is InChI=1S/C18H24F3O7PS/c1-4-26-29(24,27-5-2)28-11-7-6-10-25-17(23)15-9-8-14(18(19,20)21)12-16(15)30-13(3)22/h8-9,12H,4-7,10-11H2,1-3H3.